The summed E-state index contributed by atoms with van der Waals surface area (Å²) in [4.78, 5) is 11.9. The molecule has 2 aromatic rings. The highest BCUT2D eigenvalue weighted by molar-refractivity contribution is 5.83. The van der Waals surface area contributed by atoms with Crippen molar-refractivity contribution in [1.29, 1.82) is 0 Å². The Bertz CT molecular complexity index is 834. The van der Waals surface area contributed by atoms with Crippen LogP contribution in [-0.4, -0.2) is 25.8 Å². The van der Waals surface area contributed by atoms with E-state index in [1.54, 1.807) is 13.3 Å². The number of nitrogens with zero attached hydrogens (tertiary/aromatic N) is 1. The molecule has 2 rings (SSSR count). The summed E-state index contributed by atoms with van der Waals surface area (Å²) < 4.78 is 10.7. The van der Waals surface area contributed by atoms with E-state index in [1.807, 2.05) is 36.4 Å². The van der Waals surface area contributed by atoms with Crippen LogP contribution in [0.1, 0.15) is 52.2 Å². The van der Waals surface area contributed by atoms with E-state index < -0.39 is 0 Å². The van der Waals surface area contributed by atoms with E-state index >= 15 is 0 Å². The van der Waals surface area contributed by atoms with Gasteiger partial charge in [-0.1, -0.05) is 58.9 Å². The van der Waals surface area contributed by atoms with Gasteiger partial charge in [0.2, 0.25) is 0 Å². The van der Waals surface area contributed by atoms with E-state index in [9.17, 15) is 4.79 Å². The summed E-state index contributed by atoms with van der Waals surface area (Å²) in [5.74, 6) is 1.08. The largest absolute Gasteiger partial charge is 0.497 e. The van der Waals surface area contributed by atoms with Crippen LogP contribution in [0.4, 0.5) is 0 Å². The van der Waals surface area contributed by atoms with Crippen molar-refractivity contribution in [2.75, 3.05) is 13.7 Å². The van der Waals surface area contributed by atoms with Crippen LogP contribution in [0, 0.1) is 5.41 Å². The molecule has 0 radical (unpaired) electrons. The maximum absolute atomic E-state index is 11.9. The van der Waals surface area contributed by atoms with Gasteiger partial charge in [0, 0.05) is 0 Å². The second-order valence-electron chi connectivity index (χ2n) is 9.00. The highest BCUT2D eigenvalue weighted by Crippen LogP contribution is 2.36. The lowest BCUT2D eigenvalue weighted by Crippen LogP contribution is -2.25. The number of carbonyl (C=O) groups is 1. The van der Waals surface area contributed by atoms with Gasteiger partial charge in [-0.25, -0.2) is 5.43 Å². The molecule has 0 aliphatic rings. The maximum atomic E-state index is 11.9. The number of methoxy groups -OCH3 is 1. The van der Waals surface area contributed by atoms with Crippen LogP contribution >= 0.6 is 0 Å². The summed E-state index contributed by atoms with van der Waals surface area (Å²) >= 11 is 0. The number of ether oxygens (including phenoxy) is 2. The third kappa shape index (κ3) is 7.60. The summed E-state index contributed by atoms with van der Waals surface area (Å²) in [6, 6.07) is 15.4. The molecule has 5 nitrogen and oxygen atoms in total. The van der Waals surface area contributed by atoms with Gasteiger partial charge in [-0.3, -0.25) is 4.79 Å². The first kappa shape index (κ1) is 22.5. The fourth-order valence-electron chi connectivity index (χ4n) is 3.51. The minimum atomic E-state index is -0.318. The molecular weight excluding hydrogens is 364 g/mol. The topological polar surface area (TPSA) is 59.9 Å². The quantitative estimate of drug-likeness (QED) is 0.508. The Morgan fingerprint density at radius 3 is 2.34 bits per heavy atom. The molecule has 0 aliphatic carbocycles. The number of hydrogen-bond acceptors (Lipinski definition) is 4. The SMILES string of the molecule is COc1cccc(C=NNC(=O)COc2ccc(C(C)(C)CC(C)(C)C)cc2)c1. The minimum absolute atomic E-state index is 0.0724. The van der Waals surface area contributed by atoms with Gasteiger partial charge in [-0.15, -0.1) is 0 Å². The van der Waals surface area contributed by atoms with Gasteiger partial charge < -0.3 is 9.47 Å². The van der Waals surface area contributed by atoms with Crippen LogP contribution in [0.15, 0.2) is 53.6 Å². The molecule has 29 heavy (non-hydrogen) atoms. The molecule has 5 heteroatoms. The Hall–Kier alpha value is -2.82. The average Bonchev–Trinajstić information content (AvgIpc) is 2.65. The third-order valence-electron chi connectivity index (χ3n) is 4.47. The van der Waals surface area contributed by atoms with Crippen LogP contribution < -0.4 is 14.9 Å². The molecule has 0 bridgehead atoms. The predicted octanol–water partition coefficient (Wildman–Crippen LogP) is 4.94. The van der Waals surface area contributed by atoms with E-state index in [4.69, 9.17) is 9.47 Å². The number of nitrogens with one attached hydrogen (secondary N) is 1. The predicted molar refractivity (Wildman–Crippen MR) is 118 cm³/mol. The lowest BCUT2D eigenvalue weighted by Gasteiger charge is -2.33. The van der Waals surface area contributed by atoms with E-state index in [1.165, 1.54) is 5.56 Å². The second-order valence-corrected chi connectivity index (χ2v) is 9.00. The summed E-state index contributed by atoms with van der Waals surface area (Å²) in [5, 5.41) is 3.95. The Labute approximate surface area is 174 Å². The standard InChI is InChI=1S/C24H32N2O3/c1-23(2,3)17-24(4,5)19-10-12-20(13-11-19)29-16-22(27)26-25-15-18-8-7-9-21(14-18)28-6/h7-15H,16-17H2,1-6H3,(H,26,27). The molecule has 0 saturated carbocycles. The maximum Gasteiger partial charge on any atom is 0.277 e. The highest BCUT2D eigenvalue weighted by Gasteiger charge is 2.27. The molecular formula is C24H32N2O3. The van der Waals surface area contributed by atoms with Gasteiger partial charge in [-0.2, -0.15) is 5.10 Å². The first-order chi connectivity index (χ1) is 13.6. The fourth-order valence-corrected chi connectivity index (χ4v) is 3.51. The van der Waals surface area contributed by atoms with Crippen LogP contribution in [0.2, 0.25) is 0 Å². The summed E-state index contributed by atoms with van der Waals surface area (Å²) in [6.07, 6.45) is 2.64. The van der Waals surface area contributed by atoms with Gasteiger partial charge in [0.1, 0.15) is 11.5 Å². The van der Waals surface area contributed by atoms with E-state index in [-0.39, 0.29) is 23.3 Å². The zero-order chi connectivity index (χ0) is 21.5. The zero-order valence-electron chi connectivity index (χ0n) is 18.3. The monoisotopic (exact) mass is 396 g/mol. The molecule has 0 aliphatic heterocycles. The molecule has 0 aromatic heterocycles. The molecule has 2 aromatic carbocycles. The van der Waals surface area contributed by atoms with Crippen molar-refractivity contribution >= 4 is 12.1 Å². The normalized spacial score (nSPS) is 12.1. The van der Waals surface area contributed by atoms with Crippen molar-refractivity contribution in [2.45, 2.75) is 46.5 Å². The third-order valence-corrected chi connectivity index (χ3v) is 4.47. The minimum Gasteiger partial charge on any atom is -0.497 e. The first-order valence-corrected chi connectivity index (χ1v) is 9.78. The zero-order valence-corrected chi connectivity index (χ0v) is 18.3. The molecule has 0 saturated heterocycles. The molecule has 1 N–H and O–H groups in total. The number of benzene rings is 2. The van der Waals surface area contributed by atoms with E-state index in [0.29, 0.717) is 5.75 Å². The van der Waals surface area contributed by atoms with Gasteiger partial charge in [0.15, 0.2) is 6.61 Å². The van der Waals surface area contributed by atoms with Crippen LogP contribution in [-0.2, 0) is 10.2 Å². The molecule has 156 valence electrons. The van der Waals surface area contributed by atoms with Crippen LogP contribution in [0.5, 0.6) is 11.5 Å². The van der Waals surface area contributed by atoms with Crippen molar-refractivity contribution in [1.82, 2.24) is 5.43 Å². The average molecular weight is 397 g/mol. The van der Waals surface area contributed by atoms with Crippen molar-refractivity contribution in [3.8, 4) is 11.5 Å². The van der Waals surface area contributed by atoms with Gasteiger partial charge in [0.25, 0.3) is 5.91 Å². The molecule has 0 spiro atoms. The molecule has 1 amide bonds. The lowest BCUT2D eigenvalue weighted by atomic mass is 9.72. The van der Waals surface area contributed by atoms with Crippen LogP contribution in [0.3, 0.4) is 0 Å². The van der Waals surface area contributed by atoms with Gasteiger partial charge >= 0.3 is 0 Å². The van der Waals surface area contributed by atoms with E-state index in [0.717, 1.165) is 17.7 Å². The van der Waals surface area contributed by atoms with Gasteiger partial charge in [-0.05, 0) is 52.6 Å². The first-order valence-electron chi connectivity index (χ1n) is 9.78. The lowest BCUT2D eigenvalue weighted by molar-refractivity contribution is -0.123. The number of rotatable bonds is 8. The molecule has 0 atom stereocenters. The Kier molecular flexibility index (Phi) is 7.43. The second kappa shape index (κ2) is 9.59. The number of carbonyl (C=O) groups excluding carboxylic acids is 1. The highest BCUT2D eigenvalue weighted by atomic mass is 16.5. The molecule has 0 fully saturated rings. The number of hydrazone groups is 1. The summed E-state index contributed by atoms with van der Waals surface area (Å²) in [7, 11) is 1.60. The summed E-state index contributed by atoms with van der Waals surface area (Å²) in [6.45, 7) is 11.2. The Morgan fingerprint density at radius 2 is 1.72 bits per heavy atom. The Balaban J connectivity index is 1.85. The van der Waals surface area contributed by atoms with Crippen molar-refractivity contribution < 1.29 is 14.3 Å². The van der Waals surface area contributed by atoms with Crippen molar-refractivity contribution in [2.24, 2.45) is 10.5 Å². The van der Waals surface area contributed by atoms with Crippen LogP contribution in [0.25, 0.3) is 0 Å². The molecule has 0 unspecified atom stereocenters. The summed E-state index contributed by atoms with van der Waals surface area (Å²) in [5.41, 5.74) is 4.88. The van der Waals surface area contributed by atoms with Crippen molar-refractivity contribution in [3.05, 3.63) is 59.7 Å². The number of amides is 1. The van der Waals surface area contributed by atoms with E-state index in [2.05, 4.69) is 57.3 Å². The van der Waals surface area contributed by atoms with Gasteiger partial charge in [0.05, 0.1) is 13.3 Å². The number of hydrogen-bond donors (Lipinski definition) is 1. The fraction of sp³-hybridized carbons (Fsp3) is 0.417. The smallest absolute Gasteiger partial charge is 0.277 e. The molecule has 0 heterocycles. The van der Waals surface area contributed by atoms with Crippen molar-refractivity contribution in [3.63, 3.8) is 0 Å². The Morgan fingerprint density at radius 1 is 1.03 bits per heavy atom.